The van der Waals surface area contributed by atoms with Gasteiger partial charge in [0, 0.05) is 28.5 Å². The maximum absolute atomic E-state index is 12.6. The first-order chi connectivity index (χ1) is 13.3. The molecule has 3 rings (SSSR count). The van der Waals surface area contributed by atoms with Crippen molar-refractivity contribution in [3.05, 3.63) is 52.8 Å². The average molecular weight is 401 g/mol. The third-order valence-corrected chi connectivity index (χ3v) is 4.34. The Balaban J connectivity index is 2.14. The van der Waals surface area contributed by atoms with Gasteiger partial charge in [0.15, 0.2) is 5.82 Å². The number of hydrogen-bond acceptors (Lipinski definition) is 5. The molecule has 146 valence electrons. The summed E-state index contributed by atoms with van der Waals surface area (Å²) in [5, 5.41) is 4.25. The number of amides is 1. The summed E-state index contributed by atoms with van der Waals surface area (Å²) in [7, 11) is 0. The van der Waals surface area contributed by atoms with Crippen molar-refractivity contribution in [1.29, 1.82) is 0 Å². The Kier molecular flexibility index (Phi) is 5.56. The van der Waals surface area contributed by atoms with Gasteiger partial charge in [-0.2, -0.15) is 0 Å². The monoisotopic (exact) mass is 400 g/mol. The first-order valence-corrected chi connectivity index (χ1v) is 9.16. The van der Waals surface area contributed by atoms with E-state index in [9.17, 15) is 9.59 Å². The van der Waals surface area contributed by atoms with E-state index in [1.165, 1.54) is 10.8 Å². The number of nitrogens with zero attached hydrogens (tertiary/aromatic N) is 2. The van der Waals surface area contributed by atoms with Gasteiger partial charge in [-0.05, 0) is 36.6 Å². The number of esters is 1. The van der Waals surface area contributed by atoms with Crippen LogP contribution < -0.4 is 11.1 Å². The van der Waals surface area contributed by atoms with Crippen LogP contribution in [0.5, 0.6) is 0 Å². The molecule has 3 N–H and O–H groups in total. The highest BCUT2D eigenvalue weighted by Gasteiger charge is 2.22. The van der Waals surface area contributed by atoms with Gasteiger partial charge in [0.25, 0.3) is 0 Å². The molecule has 0 unspecified atom stereocenters. The van der Waals surface area contributed by atoms with E-state index < -0.39 is 12.0 Å². The molecule has 2 heterocycles. The molecule has 0 aliphatic rings. The first-order valence-electron chi connectivity index (χ1n) is 8.78. The van der Waals surface area contributed by atoms with Crippen molar-refractivity contribution in [3.63, 3.8) is 0 Å². The van der Waals surface area contributed by atoms with Crippen LogP contribution in [-0.4, -0.2) is 28.2 Å². The second kappa shape index (κ2) is 7.90. The highest BCUT2D eigenvalue weighted by molar-refractivity contribution is 6.30. The Morgan fingerprint density at radius 1 is 1.36 bits per heavy atom. The second-order valence-electron chi connectivity index (χ2n) is 6.89. The Morgan fingerprint density at radius 2 is 2.11 bits per heavy atom. The SMILES string of the molecule is Cc1cn(C(N)=O)c2c(Nc3cccc(Cl)c3)ncc(C(=O)OCC(C)C)c12. The van der Waals surface area contributed by atoms with E-state index in [-0.39, 0.29) is 11.5 Å². The normalized spacial score (nSPS) is 11.0. The molecule has 3 aromatic rings. The van der Waals surface area contributed by atoms with E-state index in [1.807, 2.05) is 19.9 Å². The fourth-order valence-corrected chi connectivity index (χ4v) is 3.09. The van der Waals surface area contributed by atoms with Gasteiger partial charge in [-0.25, -0.2) is 14.6 Å². The summed E-state index contributed by atoms with van der Waals surface area (Å²) in [6.07, 6.45) is 3.02. The lowest BCUT2D eigenvalue weighted by Gasteiger charge is -2.12. The number of hydrogen-bond donors (Lipinski definition) is 2. The van der Waals surface area contributed by atoms with Crippen LogP contribution in [0.15, 0.2) is 36.7 Å². The van der Waals surface area contributed by atoms with Crippen LogP contribution in [0.25, 0.3) is 10.9 Å². The molecule has 0 bridgehead atoms. The van der Waals surface area contributed by atoms with Crippen LogP contribution in [0.4, 0.5) is 16.3 Å². The number of carbonyl (C=O) groups excluding carboxylic acids is 2. The Labute approximate surface area is 167 Å². The lowest BCUT2D eigenvalue weighted by atomic mass is 10.1. The predicted molar refractivity (Wildman–Crippen MR) is 109 cm³/mol. The summed E-state index contributed by atoms with van der Waals surface area (Å²) in [4.78, 5) is 28.9. The zero-order chi connectivity index (χ0) is 20.4. The third-order valence-electron chi connectivity index (χ3n) is 4.10. The maximum atomic E-state index is 12.6. The Hall–Kier alpha value is -3.06. The molecule has 8 heteroatoms. The number of ether oxygens (including phenoxy) is 1. The van der Waals surface area contributed by atoms with E-state index in [1.54, 1.807) is 31.3 Å². The summed E-state index contributed by atoms with van der Waals surface area (Å²) in [6, 6.07) is 6.40. The number of halogens is 1. The second-order valence-corrected chi connectivity index (χ2v) is 7.33. The van der Waals surface area contributed by atoms with Crippen molar-refractivity contribution in [2.24, 2.45) is 11.7 Å². The number of rotatable bonds is 5. The number of nitrogens with one attached hydrogen (secondary N) is 1. The van der Waals surface area contributed by atoms with Crippen LogP contribution in [0.3, 0.4) is 0 Å². The number of nitrogens with two attached hydrogens (primary N) is 1. The van der Waals surface area contributed by atoms with Crippen LogP contribution >= 0.6 is 11.6 Å². The number of anilines is 2. The molecule has 0 aliphatic carbocycles. The number of primary amides is 1. The fourth-order valence-electron chi connectivity index (χ4n) is 2.90. The van der Waals surface area contributed by atoms with Crippen LogP contribution in [0, 0.1) is 12.8 Å². The molecule has 0 aliphatic heterocycles. The Bertz CT molecular complexity index is 1060. The summed E-state index contributed by atoms with van der Waals surface area (Å²) >= 11 is 6.04. The number of fused-ring (bicyclic) bond motifs is 1. The maximum Gasteiger partial charge on any atom is 0.340 e. The summed E-state index contributed by atoms with van der Waals surface area (Å²) in [5.41, 5.74) is 7.62. The van der Waals surface area contributed by atoms with E-state index in [4.69, 9.17) is 22.1 Å². The van der Waals surface area contributed by atoms with E-state index in [0.29, 0.717) is 39.6 Å². The minimum atomic E-state index is -0.679. The topological polar surface area (TPSA) is 99.2 Å². The van der Waals surface area contributed by atoms with Crippen LogP contribution in [0.1, 0.15) is 29.8 Å². The third kappa shape index (κ3) is 3.94. The number of pyridine rings is 1. The quantitative estimate of drug-likeness (QED) is 0.615. The molecule has 28 heavy (non-hydrogen) atoms. The van der Waals surface area contributed by atoms with Gasteiger partial charge in [-0.1, -0.05) is 31.5 Å². The van der Waals surface area contributed by atoms with E-state index >= 15 is 0 Å². The molecule has 1 aromatic carbocycles. The zero-order valence-corrected chi connectivity index (χ0v) is 16.6. The zero-order valence-electron chi connectivity index (χ0n) is 15.8. The molecule has 1 amide bonds. The van der Waals surface area contributed by atoms with Gasteiger partial charge < -0.3 is 15.8 Å². The number of aromatic nitrogens is 2. The van der Waals surface area contributed by atoms with Gasteiger partial charge in [0.05, 0.1) is 12.2 Å². The molecule has 0 saturated carbocycles. The van der Waals surface area contributed by atoms with Gasteiger partial charge >= 0.3 is 12.0 Å². The number of carbonyl (C=O) groups is 2. The lowest BCUT2D eigenvalue weighted by molar-refractivity contribution is 0.0461. The summed E-state index contributed by atoms with van der Waals surface area (Å²) in [5.74, 6) is 0.0860. The molecule has 7 nitrogen and oxygen atoms in total. The van der Waals surface area contributed by atoms with Crippen LogP contribution in [0.2, 0.25) is 5.02 Å². The van der Waals surface area contributed by atoms with Crippen molar-refractivity contribution in [2.75, 3.05) is 11.9 Å². The Morgan fingerprint density at radius 3 is 2.75 bits per heavy atom. The fraction of sp³-hybridized carbons (Fsp3) is 0.250. The average Bonchev–Trinajstić information content (AvgIpc) is 2.98. The molecule has 0 fully saturated rings. The highest BCUT2D eigenvalue weighted by atomic mass is 35.5. The van der Waals surface area contributed by atoms with Gasteiger partial charge in [0.2, 0.25) is 0 Å². The first kappa shape index (κ1) is 19.7. The minimum Gasteiger partial charge on any atom is -0.462 e. The van der Waals surface area contributed by atoms with Crippen molar-refractivity contribution >= 4 is 46.0 Å². The lowest BCUT2D eigenvalue weighted by Crippen LogP contribution is -2.19. The van der Waals surface area contributed by atoms with Crippen LogP contribution in [-0.2, 0) is 4.74 Å². The molecule has 0 atom stereocenters. The molecular weight excluding hydrogens is 380 g/mol. The van der Waals surface area contributed by atoms with Crippen molar-refractivity contribution in [2.45, 2.75) is 20.8 Å². The van der Waals surface area contributed by atoms with Gasteiger partial charge in [-0.15, -0.1) is 0 Å². The molecule has 0 spiro atoms. The highest BCUT2D eigenvalue weighted by Crippen LogP contribution is 2.32. The molecule has 0 saturated heterocycles. The molecular formula is C20H21ClN4O3. The van der Waals surface area contributed by atoms with Crippen molar-refractivity contribution in [1.82, 2.24) is 9.55 Å². The summed E-state index contributed by atoms with van der Waals surface area (Å²) in [6.45, 7) is 5.99. The largest absolute Gasteiger partial charge is 0.462 e. The van der Waals surface area contributed by atoms with Crippen molar-refractivity contribution in [3.8, 4) is 0 Å². The smallest absolute Gasteiger partial charge is 0.340 e. The van der Waals surface area contributed by atoms with E-state index in [2.05, 4.69) is 10.3 Å². The standard InChI is InChI=1S/C20H21ClN4O3/c1-11(2)10-28-19(26)15-8-23-18(24-14-6-4-5-13(21)7-14)17-16(15)12(3)9-25(17)20(22)27/h4-9,11H,10H2,1-3H3,(H2,22,27)(H,23,24). The van der Waals surface area contributed by atoms with Gasteiger partial charge in [0.1, 0.15) is 5.52 Å². The number of aryl methyl sites for hydroxylation is 1. The van der Waals surface area contributed by atoms with Crippen molar-refractivity contribution < 1.29 is 14.3 Å². The predicted octanol–water partition coefficient (Wildman–Crippen LogP) is 4.48. The van der Waals surface area contributed by atoms with E-state index in [0.717, 1.165) is 0 Å². The minimum absolute atomic E-state index is 0.201. The summed E-state index contributed by atoms with van der Waals surface area (Å²) < 4.78 is 6.62. The number of benzene rings is 1. The molecule has 0 radical (unpaired) electrons. The van der Waals surface area contributed by atoms with Gasteiger partial charge in [-0.3, -0.25) is 4.57 Å². The molecule has 2 aromatic heterocycles.